The molecule has 1 rings (SSSR count). The minimum Gasteiger partial charge on any atom is -0.461 e. The van der Waals surface area contributed by atoms with Crippen molar-refractivity contribution in [1.29, 1.82) is 0 Å². The van der Waals surface area contributed by atoms with E-state index in [0.29, 0.717) is 12.0 Å². The summed E-state index contributed by atoms with van der Waals surface area (Å²) in [5.41, 5.74) is 0.983. The molecule has 2 heteroatoms. The molecule has 0 bridgehead atoms. The molecule has 0 atom stereocenters. The zero-order valence-corrected chi connectivity index (χ0v) is 5.54. The summed E-state index contributed by atoms with van der Waals surface area (Å²) in [6.45, 7) is 3.56. The van der Waals surface area contributed by atoms with Gasteiger partial charge in [0.2, 0.25) is 0 Å². The average molecular weight is 136 g/mol. The van der Waals surface area contributed by atoms with Crippen LogP contribution in [0, 0.1) is 0 Å². The molecular formula is C8H8O2. The second-order valence-electron chi connectivity index (χ2n) is 1.97. The predicted molar refractivity (Wildman–Crippen MR) is 38.0 cm³/mol. The summed E-state index contributed by atoms with van der Waals surface area (Å²) in [6.07, 6.45) is 4.76. The first-order valence-corrected chi connectivity index (χ1v) is 3.00. The van der Waals surface area contributed by atoms with E-state index in [2.05, 4.69) is 6.58 Å². The summed E-state index contributed by atoms with van der Waals surface area (Å²) in [5, 5.41) is 0. The van der Waals surface area contributed by atoms with Gasteiger partial charge >= 0.3 is 0 Å². The van der Waals surface area contributed by atoms with Crippen LogP contribution in [0.15, 0.2) is 29.4 Å². The van der Waals surface area contributed by atoms with Crippen molar-refractivity contribution in [2.45, 2.75) is 6.42 Å². The molecule has 2 nitrogen and oxygen atoms in total. The largest absolute Gasteiger partial charge is 0.461 e. The van der Waals surface area contributed by atoms with Crippen molar-refractivity contribution in [1.82, 2.24) is 0 Å². The predicted octanol–water partition coefficient (Wildman–Crippen LogP) is 1.82. The van der Waals surface area contributed by atoms with Crippen LogP contribution in [-0.4, -0.2) is 6.29 Å². The Morgan fingerprint density at radius 2 is 2.50 bits per heavy atom. The van der Waals surface area contributed by atoms with Gasteiger partial charge in [-0.05, 0) is 18.1 Å². The van der Waals surface area contributed by atoms with Crippen molar-refractivity contribution < 1.29 is 9.21 Å². The lowest BCUT2D eigenvalue weighted by Crippen LogP contribution is -1.72. The van der Waals surface area contributed by atoms with Crippen LogP contribution >= 0.6 is 0 Å². The highest BCUT2D eigenvalue weighted by Gasteiger charge is 1.96. The highest BCUT2D eigenvalue weighted by Crippen LogP contribution is 2.05. The maximum absolute atomic E-state index is 10.1. The Morgan fingerprint density at radius 3 is 3.00 bits per heavy atom. The third-order valence-corrected chi connectivity index (χ3v) is 1.17. The van der Waals surface area contributed by atoms with Gasteiger partial charge in [0.15, 0.2) is 12.0 Å². The van der Waals surface area contributed by atoms with Crippen LogP contribution in [0.2, 0.25) is 0 Å². The zero-order valence-electron chi connectivity index (χ0n) is 5.54. The van der Waals surface area contributed by atoms with Gasteiger partial charge in [-0.2, -0.15) is 0 Å². The molecule has 0 spiro atoms. The van der Waals surface area contributed by atoms with Crippen LogP contribution in [0.25, 0.3) is 0 Å². The van der Waals surface area contributed by atoms with E-state index in [1.165, 1.54) is 0 Å². The molecular weight excluding hydrogens is 128 g/mol. The SMILES string of the molecule is C=CCc1coc(C=O)c1. The van der Waals surface area contributed by atoms with E-state index < -0.39 is 0 Å². The number of allylic oxidation sites excluding steroid dienone is 1. The summed E-state index contributed by atoms with van der Waals surface area (Å²) >= 11 is 0. The van der Waals surface area contributed by atoms with Crippen molar-refractivity contribution in [3.8, 4) is 0 Å². The Hall–Kier alpha value is -1.31. The van der Waals surface area contributed by atoms with Gasteiger partial charge in [-0.3, -0.25) is 4.79 Å². The van der Waals surface area contributed by atoms with Crippen molar-refractivity contribution in [2.75, 3.05) is 0 Å². The average Bonchev–Trinajstić information content (AvgIpc) is 2.37. The van der Waals surface area contributed by atoms with Crippen LogP contribution in [0.1, 0.15) is 16.1 Å². The Kier molecular flexibility index (Phi) is 2.05. The normalized spacial score (nSPS) is 9.20. The fraction of sp³-hybridized carbons (Fsp3) is 0.125. The van der Waals surface area contributed by atoms with Crippen molar-refractivity contribution in [3.05, 3.63) is 36.3 Å². The highest BCUT2D eigenvalue weighted by atomic mass is 16.3. The number of carbonyl (C=O) groups is 1. The summed E-state index contributed by atoms with van der Waals surface area (Å²) in [7, 11) is 0. The Bertz CT molecular complexity index is 235. The number of aldehydes is 1. The van der Waals surface area contributed by atoms with Gasteiger partial charge in [-0.1, -0.05) is 6.08 Å². The summed E-state index contributed by atoms with van der Waals surface area (Å²) < 4.78 is 4.85. The number of hydrogen-bond donors (Lipinski definition) is 0. The fourth-order valence-electron chi connectivity index (χ4n) is 0.730. The Labute approximate surface area is 59.2 Å². The third kappa shape index (κ3) is 1.35. The van der Waals surface area contributed by atoms with E-state index in [1.54, 1.807) is 18.4 Å². The molecule has 1 heterocycles. The standard InChI is InChI=1S/C8H8O2/c1-2-3-7-4-8(5-9)10-6-7/h2,4-6H,1,3H2. The summed E-state index contributed by atoms with van der Waals surface area (Å²) in [5.74, 6) is 0.372. The number of carbonyl (C=O) groups excluding carboxylic acids is 1. The Morgan fingerprint density at radius 1 is 1.70 bits per heavy atom. The van der Waals surface area contributed by atoms with E-state index >= 15 is 0 Å². The fourth-order valence-corrected chi connectivity index (χ4v) is 0.730. The molecule has 52 valence electrons. The molecule has 0 saturated carbocycles. The van der Waals surface area contributed by atoms with Crippen LogP contribution in [-0.2, 0) is 6.42 Å². The van der Waals surface area contributed by atoms with E-state index in [4.69, 9.17) is 4.42 Å². The first-order chi connectivity index (χ1) is 4.86. The molecule has 0 radical (unpaired) electrons. The molecule has 0 saturated heterocycles. The van der Waals surface area contributed by atoms with E-state index in [-0.39, 0.29) is 0 Å². The van der Waals surface area contributed by atoms with E-state index in [0.717, 1.165) is 12.0 Å². The molecule has 0 aliphatic rings. The van der Waals surface area contributed by atoms with Crippen molar-refractivity contribution >= 4 is 6.29 Å². The summed E-state index contributed by atoms with van der Waals surface area (Å²) in [4.78, 5) is 10.1. The smallest absolute Gasteiger partial charge is 0.185 e. The molecule has 0 aromatic carbocycles. The van der Waals surface area contributed by atoms with Gasteiger partial charge in [0.1, 0.15) is 0 Å². The molecule has 0 N–H and O–H groups in total. The second kappa shape index (κ2) is 3.01. The molecule has 0 unspecified atom stereocenters. The maximum atomic E-state index is 10.1. The Balaban J connectivity index is 2.77. The molecule has 10 heavy (non-hydrogen) atoms. The minimum absolute atomic E-state index is 0.372. The first kappa shape index (κ1) is 6.81. The van der Waals surface area contributed by atoms with Crippen LogP contribution < -0.4 is 0 Å². The number of rotatable bonds is 3. The lowest BCUT2D eigenvalue weighted by Gasteiger charge is -1.80. The maximum Gasteiger partial charge on any atom is 0.185 e. The molecule has 0 fully saturated rings. The topological polar surface area (TPSA) is 30.2 Å². The zero-order chi connectivity index (χ0) is 7.40. The number of furan rings is 1. The molecule has 0 aliphatic carbocycles. The van der Waals surface area contributed by atoms with E-state index in [9.17, 15) is 4.79 Å². The lowest BCUT2D eigenvalue weighted by atomic mass is 10.2. The highest BCUT2D eigenvalue weighted by molar-refractivity contribution is 5.70. The van der Waals surface area contributed by atoms with Gasteiger partial charge in [0.25, 0.3) is 0 Å². The van der Waals surface area contributed by atoms with Crippen molar-refractivity contribution in [2.24, 2.45) is 0 Å². The van der Waals surface area contributed by atoms with Gasteiger partial charge in [-0.15, -0.1) is 6.58 Å². The second-order valence-corrected chi connectivity index (χ2v) is 1.97. The van der Waals surface area contributed by atoms with Gasteiger partial charge in [-0.25, -0.2) is 0 Å². The van der Waals surface area contributed by atoms with Gasteiger partial charge < -0.3 is 4.42 Å². The third-order valence-electron chi connectivity index (χ3n) is 1.17. The molecule has 1 aromatic heterocycles. The van der Waals surface area contributed by atoms with Crippen molar-refractivity contribution in [3.63, 3.8) is 0 Å². The van der Waals surface area contributed by atoms with Crippen LogP contribution in [0.3, 0.4) is 0 Å². The molecule has 0 amide bonds. The van der Waals surface area contributed by atoms with Gasteiger partial charge in [0, 0.05) is 0 Å². The first-order valence-electron chi connectivity index (χ1n) is 3.00. The van der Waals surface area contributed by atoms with Crippen LogP contribution in [0.4, 0.5) is 0 Å². The number of hydrogen-bond acceptors (Lipinski definition) is 2. The lowest BCUT2D eigenvalue weighted by molar-refractivity contribution is 0.110. The molecule has 0 aliphatic heterocycles. The molecule has 1 aromatic rings. The summed E-state index contributed by atoms with van der Waals surface area (Å²) in [6, 6.07) is 1.70. The monoisotopic (exact) mass is 136 g/mol. The quantitative estimate of drug-likeness (QED) is 0.468. The van der Waals surface area contributed by atoms with Crippen LogP contribution in [0.5, 0.6) is 0 Å². The van der Waals surface area contributed by atoms with Gasteiger partial charge in [0.05, 0.1) is 6.26 Å². The minimum atomic E-state index is 0.372. The van der Waals surface area contributed by atoms with E-state index in [1.807, 2.05) is 0 Å².